The SMILES string of the molecule is CCCCNC(=O)[C@@H](C)N(Cc1ccc(F)cc1)C(=O)CN(c1ccc(Oc2ccccc2)cc1)S(=O)(=O)c1ccc(C)cc1. The van der Waals surface area contributed by atoms with E-state index in [1.807, 2.05) is 32.0 Å². The zero-order valence-electron chi connectivity index (χ0n) is 25.6. The molecule has 0 unspecified atom stereocenters. The third kappa shape index (κ3) is 8.92. The maximum absolute atomic E-state index is 14.1. The van der Waals surface area contributed by atoms with Crippen LogP contribution in [0.25, 0.3) is 0 Å². The molecule has 0 radical (unpaired) electrons. The van der Waals surface area contributed by atoms with Gasteiger partial charge in [0, 0.05) is 13.1 Å². The number of sulfonamides is 1. The summed E-state index contributed by atoms with van der Waals surface area (Å²) in [5.74, 6) is -0.296. The smallest absolute Gasteiger partial charge is 0.264 e. The second-order valence-electron chi connectivity index (χ2n) is 10.7. The summed E-state index contributed by atoms with van der Waals surface area (Å²) in [5.41, 5.74) is 1.71. The molecule has 0 heterocycles. The van der Waals surface area contributed by atoms with Crippen LogP contribution in [0.4, 0.5) is 10.1 Å². The molecule has 4 aromatic rings. The fraction of sp³-hybridized carbons (Fsp3) is 0.257. The first-order chi connectivity index (χ1) is 21.6. The van der Waals surface area contributed by atoms with E-state index in [0.717, 1.165) is 22.7 Å². The molecule has 0 fully saturated rings. The number of para-hydroxylation sites is 1. The average molecular weight is 632 g/mol. The van der Waals surface area contributed by atoms with Gasteiger partial charge >= 0.3 is 0 Å². The monoisotopic (exact) mass is 631 g/mol. The quantitative estimate of drug-likeness (QED) is 0.161. The maximum atomic E-state index is 14.1. The van der Waals surface area contributed by atoms with Crippen molar-refractivity contribution in [2.45, 2.75) is 51.1 Å². The minimum Gasteiger partial charge on any atom is -0.457 e. The summed E-state index contributed by atoms with van der Waals surface area (Å²) in [6.45, 7) is 5.29. The van der Waals surface area contributed by atoms with Crippen molar-refractivity contribution in [3.63, 3.8) is 0 Å². The van der Waals surface area contributed by atoms with E-state index in [4.69, 9.17) is 4.74 Å². The predicted octanol–water partition coefficient (Wildman–Crippen LogP) is 6.46. The normalized spacial score (nSPS) is 11.8. The van der Waals surface area contributed by atoms with Crippen LogP contribution in [-0.4, -0.2) is 44.3 Å². The van der Waals surface area contributed by atoms with E-state index in [0.29, 0.717) is 23.6 Å². The lowest BCUT2D eigenvalue weighted by molar-refractivity contribution is -0.139. The Labute approximate surface area is 264 Å². The Hall–Kier alpha value is -4.70. The van der Waals surface area contributed by atoms with Crippen LogP contribution in [0.3, 0.4) is 0 Å². The second-order valence-corrected chi connectivity index (χ2v) is 12.6. The van der Waals surface area contributed by atoms with E-state index >= 15 is 0 Å². The summed E-state index contributed by atoms with van der Waals surface area (Å²) in [6, 6.07) is 26.6. The molecule has 45 heavy (non-hydrogen) atoms. The third-order valence-corrected chi connectivity index (χ3v) is 9.04. The number of amides is 2. The molecule has 10 heteroatoms. The van der Waals surface area contributed by atoms with Crippen LogP contribution >= 0.6 is 0 Å². The number of halogens is 1. The first kappa shape index (κ1) is 33.2. The topological polar surface area (TPSA) is 96.0 Å². The van der Waals surface area contributed by atoms with Crippen LogP contribution in [0.5, 0.6) is 11.5 Å². The van der Waals surface area contributed by atoms with Crippen LogP contribution < -0.4 is 14.4 Å². The first-order valence-corrected chi connectivity index (χ1v) is 16.3. The van der Waals surface area contributed by atoms with Gasteiger partial charge < -0.3 is 15.0 Å². The fourth-order valence-corrected chi connectivity index (χ4v) is 5.99. The van der Waals surface area contributed by atoms with Crippen LogP contribution in [0.2, 0.25) is 0 Å². The molecule has 4 rings (SSSR count). The number of aryl methyl sites for hydroxylation is 1. The van der Waals surface area contributed by atoms with Gasteiger partial charge in [-0.25, -0.2) is 12.8 Å². The summed E-state index contributed by atoms with van der Waals surface area (Å²) in [7, 11) is -4.22. The van der Waals surface area contributed by atoms with Crippen molar-refractivity contribution < 1.29 is 27.1 Å². The van der Waals surface area contributed by atoms with Crippen LogP contribution in [0.1, 0.15) is 37.8 Å². The lowest BCUT2D eigenvalue weighted by atomic mass is 10.1. The lowest BCUT2D eigenvalue weighted by Gasteiger charge is -2.32. The molecule has 2 amide bonds. The standard InChI is InChI=1S/C35H38FN3O5S/c1-4-5-23-37-35(41)27(3)38(24-28-13-15-29(36)16-14-28)34(40)25-39(45(42,43)33-21-11-26(2)12-22-33)30-17-19-32(20-18-30)44-31-9-7-6-8-10-31/h6-22,27H,4-5,23-25H2,1-3H3,(H,37,41)/t27-/m1/s1. The Bertz CT molecular complexity index is 1660. The van der Waals surface area contributed by atoms with Gasteiger partial charge in [0.25, 0.3) is 10.0 Å². The highest BCUT2D eigenvalue weighted by Gasteiger charge is 2.32. The van der Waals surface area contributed by atoms with E-state index in [9.17, 15) is 22.4 Å². The maximum Gasteiger partial charge on any atom is 0.264 e. The lowest BCUT2D eigenvalue weighted by Crippen LogP contribution is -2.51. The zero-order valence-corrected chi connectivity index (χ0v) is 26.5. The number of benzene rings is 4. The van der Waals surface area contributed by atoms with Crippen LogP contribution in [0, 0.1) is 12.7 Å². The Morgan fingerprint density at radius 3 is 2.11 bits per heavy atom. The molecule has 0 saturated heterocycles. The highest BCUT2D eigenvalue weighted by atomic mass is 32.2. The van der Waals surface area contributed by atoms with Gasteiger partial charge in [-0.05, 0) is 86.5 Å². The highest BCUT2D eigenvalue weighted by molar-refractivity contribution is 7.92. The van der Waals surface area contributed by atoms with Crippen molar-refractivity contribution >= 4 is 27.5 Å². The number of unbranched alkanes of at least 4 members (excludes halogenated alkanes) is 1. The summed E-state index contributed by atoms with van der Waals surface area (Å²) in [4.78, 5) is 28.5. The molecule has 0 spiro atoms. The molecule has 0 aliphatic carbocycles. The second kappa shape index (κ2) is 15.3. The van der Waals surface area contributed by atoms with Crippen molar-refractivity contribution in [2.24, 2.45) is 0 Å². The van der Waals surface area contributed by atoms with Gasteiger partial charge in [-0.2, -0.15) is 0 Å². The molecule has 236 valence electrons. The Morgan fingerprint density at radius 1 is 0.867 bits per heavy atom. The average Bonchev–Trinajstić information content (AvgIpc) is 3.04. The van der Waals surface area contributed by atoms with Crippen molar-refractivity contribution in [3.8, 4) is 11.5 Å². The number of hydrogen-bond acceptors (Lipinski definition) is 5. The first-order valence-electron chi connectivity index (χ1n) is 14.8. The van der Waals surface area contributed by atoms with Gasteiger partial charge in [0.05, 0.1) is 10.6 Å². The minimum absolute atomic E-state index is 0.0148. The van der Waals surface area contributed by atoms with Gasteiger partial charge in [0.2, 0.25) is 11.8 Å². The third-order valence-electron chi connectivity index (χ3n) is 7.25. The molecule has 0 aliphatic rings. The van der Waals surface area contributed by atoms with Crippen molar-refractivity contribution in [3.05, 3.63) is 120 Å². The van der Waals surface area contributed by atoms with E-state index < -0.39 is 34.3 Å². The minimum atomic E-state index is -4.22. The van der Waals surface area contributed by atoms with Gasteiger partial charge in [-0.15, -0.1) is 0 Å². The van der Waals surface area contributed by atoms with E-state index in [1.165, 1.54) is 41.3 Å². The number of carbonyl (C=O) groups is 2. The zero-order chi connectivity index (χ0) is 32.4. The number of anilines is 1. The molecule has 0 aliphatic heterocycles. The van der Waals surface area contributed by atoms with Crippen LogP contribution in [0.15, 0.2) is 108 Å². The number of ether oxygens (including phenoxy) is 1. The summed E-state index contributed by atoms with van der Waals surface area (Å²) in [5, 5.41) is 2.85. The van der Waals surface area contributed by atoms with Gasteiger partial charge in [-0.1, -0.05) is 61.4 Å². The molecule has 1 N–H and O–H groups in total. The van der Waals surface area contributed by atoms with E-state index in [2.05, 4.69) is 5.32 Å². The highest BCUT2D eigenvalue weighted by Crippen LogP contribution is 2.29. The molecular formula is C35H38FN3O5S. The number of nitrogens with zero attached hydrogens (tertiary/aromatic N) is 2. The summed E-state index contributed by atoms with van der Waals surface area (Å²) < 4.78 is 48.7. The predicted molar refractivity (Wildman–Crippen MR) is 173 cm³/mol. The largest absolute Gasteiger partial charge is 0.457 e. The van der Waals surface area contributed by atoms with E-state index in [-0.39, 0.29) is 23.0 Å². The number of nitrogens with one attached hydrogen (secondary N) is 1. The molecular weight excluding hydrogens is 593 g/mol. The summed E-state index contributed by atoms with van der Waals surface area (Å²) >= 11 is 0. The van der Waals surface area contributed by atoms with Gasteiger partial charge in [0.15, 0.2) is 0 Å². The Morgan fingerprint density at radius 2 is 1.49 bits per heavy atom. The van der Waals surface area contributed by atoms with Crippen molar-refractivity contribution in [1.82, 2.24) is 10.2 Å². The molecule has 0 aromatic heterocycles. The molecule has 8 nitrogen and oxygen atoms in total. The van der Waals surface area contributed by atoms with Crippen molar-refractivity contribution in [1.29, 1.82) is 0 Å². The molecule has 4 aromatic carbocycles. The Kier molecular flexibility index (Phi) is 11.3. The molecule has 0 bridgehead atoms. The molecule has 0 saturated carbocycles. The fourth-order valence-electron chi connectivity index (χ4n) is 4.58. The van der Waals surface area contributed by atoms with Crippen molar-refractivity contribution in [2.75, 3.05) is 17.4 Å². The van der Waals surface area contributed by atoms with E-state index in [1.54, 1.807) is 55.5 Å². The van der Waals surface area contributed by atoms with Gasteiger partial charge in [-0.3, -0.25) is 13.9 Å². The molecule has 1 atom stereocenters. The number of hydrogen-bond donors (Lipinski definition) is 1. The van der Waals surface area contributed by atoms with Crippen LogP contribution in [-0.2, 0) is 26.2 Å². The number of carbonyl (C=O) groups excluding carboxylic acids is 2. The Balaban J connectivity index is 1.68. The summed E-state index contributed by atoms with van der Waals surface area (Å²) in [6.07, 6.45) is 1.66. The van der Waals surface area contributed by atoms with Gasteiger partial charge in [0.1, 0.15) is 29.9 Å². The number of rotatable bonds is 14.